The first-order valence-corrected chi connectivity index (χ1v) is 5.15. The number of carbonyl (C=O) groups is 2. The highest BCUT2D eigenvalue weighted by molar-refractivity contribution is 6.04. The van der Waals surface area contributed by atoms with Gasteiger partial charge in [0, 0.05) is 12.0 Å². The Labute approximate surface area is 94.6 Å². The Morgan fingerprint density at radius 1 is 1.25 bits per heavy atom. The minimum absolute atomic E-state index is 0.247. The van der Waals surface area contributed by atoms with Crippen LogP contribution in [0.4, 0.5) is 0 Å². The molecule has 1 rings (SSSR count). The van der Waals surface area contributed by atoms with Crippen molar-refractivity contribution in [2.24, 2.45) is 0 Å². The van der Waals surface area contributed by atoms with Crippen molar-refractivity contribution >= 4 is 11.8 Å². The van der Waals surface area contributed by atoms with Crippen molar-refractivity contribution in [3.63, 3.8) is 0 Å². The van der Waals surface area contributed by atoms with Gasteiger partial charge in [0.15, 0.2) is 0 Å². The van der Waals surface area contributed by atoms with Crippen LogP contribution < -0.4 is 10.1 Å². The van der Waals surface area contributed by atoms with E-state index in [4.69, 9.17) is 4.74 Å². The van der Waals surface area contributed by atoms with Crippen LogP contribution in [-0.2, 0) is 4.79 Å². The highest BCUT2D eigenvalue weighted by Gasteiger charge is 2.09. The Morgan fingerprint density at radius 2 is 1.88 bits per heavy atom. The molecule has 0 radical (unpaired) electrons. The van der Waals surface area contributed by atoms with E-state index in [1.165, 1.54) is 0 Å². The minimum atomic E-state index is -0.374. The fourth-order valence-corrected chi connectivity index (χ4v) is 1.23. The molecule has 0 aliphatic heterocycles. The first-order valence-electron chi connectivity index (χ1n) is 5.15. The van der Waals surface area contributed by atoms with Gasteiger partial charge in [-0.15, -0.1) is 0 Å². The minimum Gasteiger partial charge on any atom is -0.497 e. The van der Waals surface area contributed by atoms with E-state index in [-0.39, 0.29) is 11.8 Å². The van der Waals surface area contributed by atoms with Gasteiger partial charge in [-0.05, 0) is 30.7 Å². The third-order valence-electron chi connectivity index (χ3n) is 2.08. The average Bonchev–Trinajstić information content (AvgIpc) is 2.29. The number of amides is 2. The van der Waals surface area contributed by atoms with Gasteiger partial charge in [0.05, 0.1) is 7.11 Å². The standard InChI is InChI=1S/C12H15NO3/c1-3-4-11(14)13-12(15)9-5-7-10(16-2)8-6-9/h5-8H,3-4H2,1-2H3,(H,13,14,15). The maximum atomic E-state index is 11.6. The van der Waals surface area contributed by atoms with Gasteiger partial charge in [-0.1, -0.05) is 6.92 Å². The molecule has 0 unspecified atom stereocenters. The van der Waals surface area contributed by atoms with Gasteiger partial charge in [0.25, 0.3) is 5.91 Å². The van der Waals surface area contributed by atoms with Crippen LogP contribution in [-0.4, -0.2) is 18.9 Å². The van der Waals surface area contributed by atoms with Crippen molar-refractivity contribution in [1.29, 1.82) is 0 Å². The summed E-state index contributed by atoms with van der Waals surface area (Å²) >= 11 is 0. The Hall–Kier alpha value is -1.84. The third kappa shape index (κ3) is 3.38. The fourth-order valence-electron chi connectivity index (χ4n) is 1.23. The summed E-state index contributed by atoms with van der Waals surface area (Å²) in [5, 5.41) is 2.32. The Bertz CT molecular complexity index is 370. The number of nitrogens with one attached hydrogen (secondary N) is 1. The van der Waals surface area contributed by atoms with E-state index in [2.05, 4.69) is 5.32 Å². The molecular formula is C12H15NO3. The topological polar surface area (TPSA) is 55.4 Å². The molecule has 1 N–H and O–H groups in total. The van der Waals surface area contributed by atoms with Crippen molar-refractivity contribution in [2.45, 2.75) is 19.8 Å². The summed E-state index contributed by atoms with van der Waals surface area (Å²) in [7, 11) is 1.56. The number of carbonyl (C=O) groups excluding carboxylic acids is 2. The molecule has 0 fully saturated rings. The molecule has 4 heteroatoms. The van der Waals surface area contributed by atoms with E-state index in [1.807, 2.05) is 6.92 Å². The van der Waals surface area contributed by atoms with Crippen LogP contribution in [0.5, 0.6) is 5.75 Å². The molecular weight excluding hydrogens is 206 g/mol. The maximum Gasteiger partial charge on any atom is 0.257 e. The highest BCUT2D eigenvalue weighted by Crippen LogP contribution is 2.11. The monoisotopic (exact) mass is 221 g/mol. The van der Waals surface area contributed by atoms with E-state index in [0.29, 0.717) is 17.7 Å². The van der Waals surface area contributed by atoms with E-state index in [1.54, 1.807) is 31.4 Å². The van der Waals surface area contributed by atoms with Crippen molar-refractivity contribution in [3.05, 3.63) is 29.8 Å². The SMILES string of the molecule is CCCC(=O)NC(=O)c1ccc(OC)cc1. The van der Waals surface area contributed by atoms with Crippen LogP contribution in [0.2, 0.25) is 0 Å². The van der Waals surface area contributed by atoms with E-state index < -0.39 is 0 Å². The summed E-state index contributed by atoms with van der Waals surface area (Å²) in [6, 6.07) is 6.60. The lowest BCUT2D eigenvalue weighted by Crippen LogP contribution is -2.29. The summed E-state index contributed by atoms with van der Waals surface area (Å²) in [5.41, 5.74) is 0.449. The van der Waals surface area contributed by atoms with Crippen LogP contribution >= 0.6 is 0 Å². The number of methoxy groups -OCH3 is 1. The second-order valence-electron chi connectivity index (χ2n) is 3.36. The van der Waals surface area contributed by atoms with Crippen molar-refractivity contribution < 1.29 is 14.3 Å². The molecule has 0 saturated carbocycles. The van der Waals surface area contributed by atoms with Crippen LogP contribution in [0.15, 0.2) is 24.3 Å². The molecule has 1 aromatic carbocycles. The molecule has 0 aliphatic carbocycles. The Kier molecular flexibility index (Phi) is 4.51. The maximum absolute atomic E-state index is 11.6. The summed E-state index contributed by atoms with van der Waals surface area (Å²) in [4.78, 5) is 22.8. The number of ether oxygens (including phenoxy) is 1. The highest BCUT2D eigenvalue weighted by atomic mass is 16.5. The molecule has 1 aromatic rings. The van der Waals surface area contributed by atoms with Gasteiger partial charge in [-0.25, -0.2) is 0 Å². The predicted molar refractivity (Wildman–Crippen MR) is 60.4 cm³/mol. The fraction of sp³-hybridized carbons (Fsp3) is 0.333. The predicted octanol–water partition coefficient (Wildman–Crippen LogP) is 1.75. The summed E-state index contributed by atoms with van der Waals surface area (Å²) in [5.74, 6) is 0.0563. The Morgan fingerprint density at radius 3 is 2.38 bits per heavy atom. The molecule has 0 bridgehead atoms. The van der Waals surface area contributed by atoms with Crippen LogP contribution in [0.25, 0.3) is 0 Å². The zero-order valence-corrected chi connectivity index (χ0v) is 9.45. The van der Waals surface area contributed by atoms with Gasteiger partial charge < -0.3 is 4.74 Å². The molecule has 0 atom stereocenters. The molecule has 2 amide bonds. The normalized spacial score (nSPS) is 9.62. The van der Waals surface area contributed by atoms with E-state index >= 15 is 0 Å². The van der Waals surface area contributed by atoms with Crippen LogP contribution in [0.1, 0.15) is 30.1 Å². The van der Waals surface area contributed by atoms with Gasteiger partial charge in [-0.3, -0.25) is 14.9 Å². The summed E-state index contributed by atoms with van der Waals surface area (Å²) < 4.78 is 4.97. The lowest BCUT2D eigenvalue weighted by Gasteiger charge is -2.04. The van der Waals surface area contributed by atoms with Gasteiger partial charge in [0.1, 0.15) is 5.75 Å². The molecule has 4 nitrogen and oxygen atoms in total. The molecule has 0 spiro atoms. The lowest BCUT2D eigenvalue weighted by molar-refractivity contribution is -0.120. The molecule has 86 valence electrons. The van der Waals surface area contributed by atoms with Crippen LogP contribution in [0.3, 0.4) is 0 Å². The number of hydrogen-bond acceptors (Lipinski definition) is 3. The molecule has 0 aromatic heterocycles. The zero-order chi connectivity index (χ0) is 12.0. The summed E-state index contributed by atoms with van der Waals surface area (Å²) in [6.45, 7) is 1.89. The second kappa shape index (κ2) is 5.90. The molecule has 0 saturated heterocycles. The zero-order valence-electron chi connectivity index (χ0n) is 9.45. The van der Waals surface area contributed by atoms with Gasteiger partial charge in [0.2, 0.25) is 5.91 Å². The van der Waals surface area contributed by atoms with E-state index in [9.17, 15) is 9.59 Å². The molecule has 0 aliphatic rings. The average molecular weight is 221 g/mol. The smallest absolute Gasteiger partial charge is 0.257 e. The number of hydrogen-bond donors (Lipinski definition) is 1. The van der Waals surface area contributed by atoms with Crippen molar-refractivity contribution in [3.8, 4) is 5.75 Å². The van der Waals surface area contributed by atoms with Crippen molar-refractivity contribution in [1.82, 2.24) is 5.32 Å². The van der Waals surface area contributed by atoms with Crippen LogP contribution in [0, 0.1) is 0 Å². The first-order chi connectivity index (χ1) is 7.67. The third-order valence-corrected chi connectivity index (χ3v) is 2.08. The number of rotatable bonds is 4. The number of benzene rings is 1. The number of imide groups is 1. The molecule has 16 heavy (non-hydrogen) atoms. The largest absolute Gasteiger partial charge is 0.497 e. The lowest BCUT2D eigenvalue weighted by atomic mass is 10.2. The Balaban J connectivity index is 2.62. The summed E-state index contributed by atoms with van der Waals surface area (Å²) in [6.07, 6.45) is 1.09. The van der Waals surface area contributed by atoms with E-state index in [0.717, 1.165) is 6.42 Å². The first kappa shape index (κ1) is 12.2. The van der Waals surface area contributed by atoms with Crippen molar-refractivity contribution in [2.75, 3.05) is 7.11 Å². The molecule has 0 heterocycles. The van der Waals surface area contributed by atoms with Gasteiger partial charge in [-0.2, -0.15) is 0 Å². The van der Waals surface area contributed by atoms with Gasteiger partial charge >= 0.3 is 0 Å². The second-order valence-corrected chi connectivity index (χ2v) is 3.36. The quantitative estimate of drug-likeness (QED) is 0.842.